The first-order valence-electron chi connectivity index (χ1n) is 7.78. The second-order valence-corrected chi connectivity index (χ2v) is 6.61. The number of aromatic nitrogens is 1. The van der Waals surface area contributed by atoms with Crippen molar-refractivity contribution in [2.45, 2.75) is 36.1 Å². The normalized spacial score (nSPS) is 14.0. The van der Waals surface area contributed by atoms with Gasteiger partial charge in [0.1, 0.15) is 5.03 Å². The van der Waals surface area contributed by atoms with E-state index >= 15 is 0 Å². The summed E-state index contributed by atoms with van der Waals surface area (Å²) in [5.74, 6) is -1.60. The summed E-state index contributed by atoms with van der Waals surface area (Å²) in [5, 5.41) is 1.39. The van der Waals surface area contributed by atoms with Gasteiger partial charge in [0.25, 0.3) is 11.8 Å². The predicted molar refractivity (Wildman–Crippen MR) is 90.4 cm³/mol. The number of hydroxylamine groups is 2. The van der Waals surface area contributed by atoms with E-state index in [0.717, 1.165) is 21.0 Å². The van der Waals surface area contributed by atoms with Gasteiger partial charge in [-0.05, 0) is 36.2 Å². The van der Waals surface area contributed by atoms with Crippen molar-refractivity contribution in [2.75, 3.05) is 0 Å². The fraction of sp³-hybridized carbons (Fsp3) is 0.222. The fourth-order valence-electron chi connectivity index (χ4n) is 2.45. The van der Waals surface area contributed by atoms with E-state index in [2.05, 4.69) is 4.98 Å². The molecule has 0 aliphatic carbocycles. The van der Waals surface area contributed by atoms with Crippen molar-refractivity contribution in [3.05, 3.63) is 53.7 Å². The van der Waals surface area contributed by atoms with Gasteiger partial charge in [-0.15, -0.1) is 5.06 Å². The molecular weight excluding hydrogens is 340 g/mol. The van der Waals surface area contributed by atoms with Crippen LogP contribution < -0.4 is 0 Å². The number of carbonyl (C=O) groups excluding carboxylic acids is 3. The smallest absolute Gasteiger partial charge is 0.330 e. The van der Waals surface area contributed by atoms with Crippen LogP contribution in [-0.2, 0) is 25.6 Å². The van der Waals surface area contributed by atoms with Crippen LogP contribution in [0.3, 0.4) is 0 Å². The highest BCUT2D eigenvalue weighted by Crippen LogP contribution is 2.31. The molecular formula is C18H16N2O4S. The van der Waals surface area contributed by atoms with Crippen LogP contribution in [0.2, 0.25) is 0 Å². The minimum absolute atomic E-state index is 0.0289. The summed E-state index contributed by atoms with van der Waals surface area (Å²) in [5.41, 5.74) is 1.72. The molecule has 0 unspecified atom stereocenters. The summed E-state index contributed by atoms with van der Waals surface area (Å²) < 4.78 is 0. The molecule has 7 heteroatoms. The Bertz CT molecular complexity index is 807. The fourth-order valence-corrected chi connectivity index (χ4v) is 3.44. The summed E-state index contributed by atoms with van der Waals surface area (Å²) >= 11 is 1.45. The van der Waals surface area contributed by atoms with Crippen LogP contribution in [0, 0.1) is 6.92 Å². The summed E-state index contributed by atoms with van der Waals surface area (Å²) in [6, 6.07) is 11.3. The van der Waals surface area contributed by atoms with Gasteiger partial charge in [-0.3, -0.25) is 9.59 Å². The van der Waals surface area contributed by atoms with Crippen molar-refractivity contribution in [3.63, 3.8) is 0 Å². The molecule has 1 saturated heterocycles. The van der Waals surface area contributed by atoms with E-state index in [1.807, 2.05) is 43.3 Å². The molecule has 128 valence electrons. The quantitative estimate of drug-likeness (QED) is 0.767. The number of rotatable bonds is 5. The predicted octanol–water partition coefficient (Wildman–Crippen LogP) is 2.69. The zero-order chi connectivity index (χ0) is 17.8. The van der Waals surface area contributed by atoms with E-state index in [9.17, 15) is 14.4 Å². The summed E-state index contributed by atoms with van der Waals surface area (Å²) in [4.78, 5) is 45.5. The van der Waals surface area contributed by atoms with Crippen LogP contribution in [0.15, 0.2) is 52.5 Å². The first kappa shape index (κ1) is 17.2. The molecule has 1 aromatic carbocycles. The largest absolute Gasteiger partial charge is 0.337 e. The van der Waals surface area contributed by atoms with Gasteiger partial charge in [0, 0.05) is 23.9 Å². The van der Waals surface area contributed by atoms with Gasteiger partial charge < -0.3 is 4.84 Å². The minimum atomic E-state index is -0.638. The average molecular weight is 356 g/mol. The lowest BCUT2D eigenvalue weighted by atomic mass is 10.1. The number of pyridine rings is 1. The summed E-state index contributed by atoms with van der Waals surface area (Å²) in [7, 11) is 0. The molecule has 0 spiro atoms. The van der Waals surface area contributed by atoms with Gasteiger partial charge >= 0.3 is 5.97 Å². The van der Waals surface area contributed by atoms with E-state index < -0.39 is 17.8 Å². The third kappa shape index (κ3) is 4.06. The molecule has 0 N–H and O–H groups in total. The molecule has 1 aromatic heterocycles. The molecule has 3 rings (SSSR count). The topological polar surface area (TPSA) is 76.6 Å². The third-order valence-corrected chi connectivity index (χ3v) is 4.79. The number of benzene rings is 1. The molecule has 1 aliphatic rings. The highest BCUT2D eigenvalue weighted by Gasteiger charge is 2.33. The molecule has 0 bridgehead atoms. The summed E-state index contributed by atoms with van der Waals surface area (Å²) in [6.45, 7) is 1.90. The van der Waals surface area contributed by atoms with Crippen LogP contribution in [0.25, 0.3) is 0 Å². The number of nitrogens with zero attached hydrogens (tertiary/aromatic N) is 2. The third-order valence-electron chi connectivity index (χ3n) is 3.74. The average Bonchev–Trinajstić information content (AvgIpc) is 2.91. The van der Waals surface area contributed by atoms with Crippen LogP contribution >= 0.6 is 11.8 Å². The van der Waals surface area contributed by atoms with Crippen molar-refractivity contribution >= 4 is 29.5 Å². The number of carbonyl (C=O) groups is 3. The van der Waals surface area contributed by atoms with Gasteiger partial charge in [0.2, 0.25) is 0 Å². The van der Waals surface area contributed by atoms with Gasteiger partial charge in [0.15, 0.2) is 0 Å². The second-order valence-electron chi connectivity index (χ2n) is 5.54. The SMILES string of the molecule is Cc1cccc(Sc2ccccn2)c1CC(=O)ON1C(=O)CCC1=O. The highest BCUT2D eigenvalue weighted by atomic mass is 32.2. The Morgan fingerprint density at radius 3 is 2.60 bits per heavy atom. The molecule has 0 radical (unpaired) electrons. The van der Waals surface area contributed by atoms with Crippen molar-refractivity contribution < 1.29 is 19.2 Å². The standard InChI is InChI=1S/C18H16N2O4S/c1-12-5-4-6-14(25-15-7-2-3-10-19-15)13(12)11-18(23)24-20-16(21)8-9-17(20)22/h2-7,10H,8-9,11H2,1H3. The van der Waals surface area contributed by atoms with E-state index in [1.165, 1.54) is 11.8 Å². The minimum Gasteiger partial charge on any atom is -0.330 e. The van der Waals surface area contributed by atoms with E-state index in [-0.39, 0.29) is 19.3 Å². The van der Waals surface area contributed by atoms with Crippen LogP contribution in [-0.4, -0.2) is 27.8 Å². The molecule has 2 heterocycles. The second kappa shape index (κ2) is 7.48. The Labute approximate surface area is 149 Å². The zero-order valence-corrected chi connectivity index (χ0v) is 14.4. The monoisotopic (exact) mass is 356 g/mol. The van der Waals surface area contributed by atoms with E-state index in [0.29, 0.717) is 5.06 Å². The van der Waals surface area contributed by atoms with Gasteiger partial charge in [-0.1, -0.05) is 30.0 Å². The Morgan fingerprint density at radius 2 is 1.92 bits per heavy atom. The maximum absolute atomic E-state index is 12.2. The number of imide groups is 1. The molecule has 0 atom stereocenters. The van der Waals surface area contributed by atoms with Gasteiger partial charge in [-0.25, -0.2) is 9.78 Å². The Morgan fingerprint density at radius 1 is 1.16 bits per heavy atom. The first-order chi connectivity index (χ1) is 12.0. The molecule has 1 fully saturated rings. The van der Waals surface area contributed by atoms with Gasteiger partial charge in [-0.2, -0.15) is 0 Å². The van der Waals surface area contributed by atoms with E-state index in [1.54, 1.807) is 6.20 Å². The van der Waals surface area contributed by atoms with Crippen molar-refractivity contribution in [2.24, 2.45) is 0 Å². The number of aryl methyl sites for hydroxylation is 1. The van der Waals surface area contributed by atoms with Crippen LogP contribution in [0.5, 0.6) is 0 Å². The Kier molecular flexibility index (Phi) is 5.14. The van der Waals surface area contributed by atoms with Crippen molar-refractivity contribution in [1.29, 1.82) is 0 Å². The lowest BCUT2D eigenvalue weighted by Gasteiger charge is -2.15. The maximum atomic E-state index is 12.2. The Balaban J connectivity index is 1.76. The van der Waals surface area contributed by atoms with Crippen LogP contribution in [0.4, 0.5) is 0 Å². The number of hydrogen-bond acceptors (Lipinski definition) is 6. The maximum Gasteiger partial charge on any atom is 0.337 e. The molecule has 2 amide bonds. The molecule has 0 saturated carbocycles. The first-order valence-corrected chi connectivity index (χ1v) is 8.60. The molecule has 2 aromatic rings. The Hall–Kier alpha value is -2.67. The molecule has 25 heavy (non-hydrogen) atoms. The molecule has 6 nitrogen and oxygen atoms in total. The number of hydrogen-bond donors (Lipinski definition) is 0. The zero-order valence-electron chi connectivity index (χ0n) is 13.6. The lowest BCUT2D eigenvalue weighted by Crippen LogP contribution is -2.32. The van der Waals surface area contributed by atoms with E-state index in [4.69, 9.17) is 4.84 Å². The number of amides is 2. The van der Waals surface area contributed by atoms with Crippen molar-refractivity contribution in [3.8, 4) is 0 Å². The van der Waals surface area contributed by atoms with Crippen molar-refractivity contribution in [1.82, 2.24) is 10.0 Å². The van der Waals surface area contributed by atoms with Gasteiger partial charge in [0.05, 0.1) is 6.42 Å². The summed E-state index contributed by atoms with van der Waals surface area (Å²) in [6.07, 6.45) is 1.84. The lowest BCUT2D eigenvalue weighted by molar-refractivity contribution is -0.197. The molecule has 1 aliphatic heterocycles. The highest BCUT2D eigenvalue weighted by molar-refractivity contribution is 7.99. The van der Waals surface area contributed by atoms with Crippen LogP contribution in [0.1, 0.15) is 24.0 Å².